The Kier molecular flexibility index (Phi) is 5.71. The van der Waals surface area contributed by atoms with Gasteiger partial charge >= 0.3 is 0 Å². The molecule has 0 spiro atoms. The van der Waals surface area contributed by atoms with Gasteiger partial charge in [0.25, 0.3) is 0 Å². The first-order valence-corrected chi connectivity index (χ1v) is 7.99. The number of primary sulfonamides is 1. The quantitative estimate of drug-likeness (QED) is 0.778. The largest absolute Gasteiger partial charge is 0.310 e. The normalized spacial score (nSPS) is 13.6. The van der Waals surface area contributed by atoms with Gasteiger partial charge in [-0.05, 0) is 37.6 Å². The lowest BCUT2D eigenvalue weighted by Crippen LogP contribution is -2.24. The maximum atomic E-state index is 12.9. The highest BCUT2D eigenvalue weighted by Gasteiger charge is 2.10. The number of nitrogens with one attached hydrogen (secondary N) is 1. The molecule has 0 saturated carbocycles. The van der Waals surface area contributed by atoms with Crippen LogP contribution in [0.1, 0.15) is 24.9 Å². The van der Waals surface area contributed by atoms with Crippen LogP contribution in [0.4, 0.5) is 4.39 Å². The molecule has 1 rings (SSSR count). The molecule has 0 aliphatic heterocycles. The monoisotopic (exact) mass is 338 g/mol. The molecule has 1 aromatic carbocycles. The third-order valence-corrected chi connectivity index (χ3v) is 4.03. The van der Waals surface area contributed by atoms with Crippen molar-refractivity contribution in [2.45, 2.75) is 19.4 Å². The van der Waals surface area contributed by atoms with Gasteiger partial charge in [0.15, 0.2) is 0 Å². The van der Waals surface area contributed by atoms with E-state index in [4.69, 9.17) is 5.14 Å². The number of hydrogen-bond acceptors (Lipinski definition) is 3. The van der Waals surface area contributed by atoms with Crippen molar-refractivity contribution in [1.29, 1.82) is 0 Å². The number of halogens is 2. The highest BCUT2D eigenvalue weighted by Crippen LogP contribution is 2.23. The minimum Gasteiger partial charge on any atom is -0.310 e. The molecule has 18 heavy (non-hydrogen) atoms. The number of benzene rings is 1. The summed E-state index contributed by atoms with van der Waals surface area (Å²) in [5.74, 6) is -0.343. The van der Waals surface area contributed by atoms with Gasteiger partial charge in [0, 0.05) is 10.5 Å². The van der Waals surface area contributed by atoms with Crippen molar-refractivity contribution in [3.05, 3.63) is 34.1 Å². The smallest absolute Gasteiger partial charge is 0.209 e. The van der Waals surface area contributed by atoms with E-state index in [9.17, 15) is 12.8 Å². The first-order valence-electron chi connectivity index (χ1n) is 5.48. The van der Waals surface area contributed by atoms with Gasteiger partial charge < -0.3 is 5.32 Å². The zero-order valence-corrected chi connectivity index (χ0v) is 12.4. The summed E-state index contributed by atoms with van der Waals surface area (Å²) >= 11 is 3.29. The fraction of sp³-hybridized carbons (Fsp3) is 0.455. The standard InChI is InChI=1S/C11H16BrFN2O2S/c1-8(15-5-2-6-18(14,16)17)10-4-3-9(13)7-11(10)12/h3-4,7-8,15H,2,5-6H2,1H3,(H2,14,16,17). The van der Waals surface area contributed by atoms with Crippen molar-refractivity contribution in [3.8, 4) is 0 Å². The molecule has 0 fully saturated rings. The van der Waals surface area contributed by atoms with Crippen molar-refractivity contribution in [1.82, 2.24) is 5.32 Å². The number of hydrogen-bond donors (Lipinski definition) is 2. The van der Waals surface area contributed by atoms with Crippen molar-refractivity contribution in [2.24, 2.45) is 5.14 Å². The number of nitrogens with two attached hydrogens (primary N) is 1. The number of sulfonamides is 1. The molecule has 0 aliphatic carbocycles. The van der Waals surface area contributed by atoms with Crippen molar-refractivity contribution >= 4 is 26.0 Å². The van der Waals surface area contributed by atoms with E-state index in [0.29, 0.717) is 17.4 Å². The van der Waals surface area contributed by atoms with E-state index in [1.54, 1.807) is 6.07 Å². The van der Waals surface area contributed by atoms with Crippen LogP contribution in [0.5, 0.6) is 0 Å². The summed E-state index contributed by atoms with van der Waals surface area (Å²) in [6.07, 6.45) is 0.446. The van der Waals surface area contributed by atoms with E-state index in [0.717, 1.165) is 5.56 Å². The first kappa shape index (κ1) is 15.6. The SMILES string of the molecule is CC(NCCCS(N)(=O)=O)c1ccc(F)cc1Br. The molecule has 0 bridgehead atoms. The highest BCUT2D eigenvalue weighted by atomic mass is 79.9. The summed E-state index contributed by atoms with van der Waals surface area (Å²) in [6, 6.07) is 4.48. The first-order chi connectivity index (χ1) is 8.29. The van der Waals surface area contributed by atoms with Gasteiger partial charge in [0.1, 0.15) is 5.82 Å². The second-order valence-corrected chi connectivity index (χ2v) is 6.65. The van der Waals surface area contributed by atoms with Crippen LogP contribution in [-0.4, -0.2) is 20.7 Å². The minimum absolute atomic E-state index is 0.000420. The molecule has 7 heteroatoms. The third kappa shape index (κ3) is 5.43. The average molecular weight is 339 g/mol. The molecule has 102 valence electrons. The molecular weight excluding hydrogens is 323 g/mol. The molecule has 0 radical (unpaired) electrons. The fourth-order valence-electron chi connectivity index (χ4n) is 1.55. The number of rotatable bonds is 6. The third-order valence-electron chi connectivity index (χ3n) is 2.49. The van der Waals surface area contributed by atoms with E-state index in [-0.39, 0.29) is 17.6 Å². The average Bonchev–Trinajstić information content (AvgIpc) is 2.22. The van der Waals surface area contributed by atoms with Gasteiger partial charge in [-0.3, -0.25) is 0 Å². The molecule has 1 unspecified atom stereocenters. The lowest BCUT2D eigenvalue weighted by Gasteiger charge is -2.15. The lowest BCUT2D eigenvalue weighted by atomic mass is 10.1. The Bertz CT molecular complexity index is 508. The van der Waals surface area contributed by atoms with Crippen LogP contribution in [0.25, 0.3) is 0 Å². The van der Waals surface area contributed by atoms with Gasteiger partial charge in [-0.15, -0.1) is 0 Å². The van der Waals surface area contributed by atoms with E-state index in [1.165, 1.54) is 12.1 Å². The van der Waals surface area contributed by atoms with Crippen molar-refractivity contribution < 1.29 is 12.8 Å². The Morgan fingerprint density at radius 2 is 2.17 bits per heavy atom. The zero-order chi connectivity index (χ0) is 13.8. The maximum Gasteiger partial charge on any atom is 0.209 e. The van der Waals surface area contributed by atoms with Crippen molar-refractivity contribution in [2.75, 3.05) is 12.3 Å². The predicted octanol–water partition coefficient (Wildman–Crippen LogP) is 1.92. The Balaban J connectivity index is 2.48. The molecule has 3 N–H and O–H groups in total. The lowest BCUT2D eigenvalue weighted by molar-refractivity contribution is 0.557. The Morgan fingerprint density at radius 1 is 1.50 bits per heavy atom. The summed E-state index contributed by atoms with van der Waals surface area (Å²) in [6.45, 7) is 2.45. The fourth-order valence-corrected chi connectivity index (χ4v) is 2.80. The van der Waals surface area contributed by atoms with E-state index in [2.05, 4.69) is 21.2 Å². The molecular formula is C11H16BrFN2O2S. The second kappa shape index (κ2) is 6.60. The van der Waals surface area contributed by atoms with Crippen LogP contribution < -0.4 is 10.5 Å². The summed E-state index contributed by atoms with van der Waals surface area (Å²) < 4.78 is 35.1. The molecule has 1 atom stereocenters. The topological polar surface area (TPSA) is 72.2 Å². The highest BCUT2D eigenvalue weighted by molar-refractivity contribution is 9.10. The Labute approximate surface area is 115 Å². The van der Waals surface area contributed by atoms with E-state index >= 15 is 0 Å². The van der Waals surface area contributed by atoms with Crippen LogP contribution in [0.2, 0.25) is 0 Å². The van der Waals surface area contributed by atoms with Gasteiger partial charge in [-0.25, -0.2) is 17.9 Å². The van der Waals surface area contributed by atoms with Crippen LogP contribution >= 0.6 is 15.9 Å². The Morgan fingerprint density at radius 3 is 2.72 bits per heavy atom. The molecule has 1 aromatic rings. The van der Waals surface area contributed by atoms with E-state index in [1.807, 2.05) is 6.92 Å². The van der Waals surface area contributed by atoms with Crippen molar-refractivity contribution in [3.63, 3.8) is 0 Å². The van der Waals surface area contributed by atoms with Gasteiger partial charge in [-0.1, -0.05) is 22.0 Å². The molecule has 0 aromatic heterocycles. The minimum atomic E-state index is -3.40. The van der Waals surface area contributed by atoms with Crippen LogP contribution in [0.15, 0.2) is 22.7 Å². The molecule has 0 saturated heterocycles. The van der Waals surface area contributed by atoms with Crippen LogP contribution in [0.3, 0.4) is 0 Å². The maximum absolute atomic E-state index is 12.9. The van der Waals surface area contributed by atoms with Gasteiger partial charge in [0.05, 0.1) is 5.75 Å². The second-order valence-electron chi connectivity index (χ2n) is 4.06. The molecule has 4 nitrogen and oxygen atoms in total. The van der Waals surface area contributed by atoms with E-state index < -0.39 is 10.0 Å². The summed E-state index contributed by atoms with van der Waals surface area (Å²) in [4.78, 5) is 0. The summed E-state index contributed by atoms with van der Waals surface area (Å²) in [5.41, 5.74) is 0.923. The predicted molar refractivity (Wildman–Crippen MR) is 73.1 cm³/mol. The molecule has 0 heterocycles. The zero-order valence-electron chi connectivity index (χ0n) is 9.99. The Hall–Kier alpha value is -0.500. The van der Waals surface area contributed by atoms with Crippen LogP contribution in [-0.2, 0) is 10.0 Å². The van der Waals surface area contributed by atoms with Crippen LogP contribution in [0, 0.1) is 5.82 Å². The summed E-state index contributed by atoms with van der Waals surface area (Å²) in [5, 5.41) is 8.06. The molecule has 0 amide bonds. The molecule has 0 aliphatic rings. The van der Waals surface area contributed by atoms with Gasteiger partial charge in [-0.2, -0.15) is 0 Å². The van der Waals surface area contributed by atoms with Gasteiger partial charge in [0.2, 0.25) is 10.0 Å². The summed E-state index contributed by atoms with van der Waals surface area (Å²) in [7, 11) is -3.40.